The van der Waals surface area contributed by atoms with Gasteiger partial charge in [-0.3, -0.25) is 10.1 Å². The highest BCUT2D eigenvalue weighted by Crippen LogP contribution is 2.26. The van der Waals surface area contributed by atoms with E-state index < -0.39 is 0 Å². The standard InChI is InChI=1S/C16H10BrClN2OS/c17-12-5-1-11(2-6-12)15(21)20-16-19-14(9-22-16)10-3-7-13(18)8-4-10/h1-9H,(H,19,20,21). The maximum absolute atomic E-state index is 12.1. The molecule has 0 spiro atoms. The highest BCUT2D eigenvalue weighted by atomic mass is 79.9. The molecule has 0 aliphatic heterocycles. The number of hydrogen-bond acceptors (Lipinski definition) is 3. The van der Waals surface area contributed by atoms with Gasteiger partial charge in [0.25, 0.3) is 5.91 Å². The second-order valence-electron chi connectivity index (χ2n) is 4.51. The zero-order valence-corrected chi connectivity index (χ0v) is 14.4. The number of hydrogen-bond donors (Lipinski definition) is 1. The number of aromatic nitrogens is 1. The zero-order chi connectivity index (χ0) is 15.5. The lowest BCUT2D eigenvalue weighted by Gasteiger charge is -2.01. The van der Waals surface area contributed by atoms with Crippen molar-refractivity contribution in [2.75, 3.05) is 5.32 Å². The number of nitrogens with zero attached hydrogens (tertiary/aromatic N) is 1. The lowest BCUT2D eigenvalue weighted by Crippen LogP contribution is -2.11. The van der Waals surface area contributed by atoms with Crippen molar-refractivity contribution in [1.82, 2.24) is 4.98 Å². The predicted molar refractivity (Wildman–Crippen MR) is 94.7 cm³/mol. The van der Waals surface area contributed by atoms with Gasteiger partial charge in [0.2, 0.25) is 0 Å². The van der Waals surface area contributed by atoms with Gasteiger partial charge in [-0.1, -0.05) is 39.7 Å². The van der Waals surface area contributed by atoms with Crippen molar-refractivity contribution in [1.29, 1.82) is 0 Å². The Morgan fingerprint density at radius 2 is 1.77 bits per heavy atom. The summed E-state index contributed by atoms with van der Waals surface area (Å²) >= 11 is 10.6. The first-order chi connectivity index (χ1) is 10.6. The average molecular weight is 394 g/mol. The Balaban J connectivity index is 1.75. The Labute approximate surface area is 145 Å². The zero-order valence-electron chi connectivity index (χ0n) is 11.2. The minimum atomic E-state index is -0.176. The van der Waals surface area contributed by atoms with Gasteiger partial charge in [0.1, 0.15) is 0 Å². The van der Waals surface area contributed by atoms with E-state index in [0.29, 0.717) is 15.7 Å². The van der Waals surface area contributed by atoms with Crippen LogP contribution in [0.2, 0.25) is 5.02 Å². The van der Waals surface area contributed by atoms with Crippen LogP contribution in [0, 0.1) is 0 Å². The minimum Gasteiger partial charge on any atom is -0.298 e. The molecule has 0 bridgehead atoms. The summed E-state index contributed by atoms with van der Waals surface area (Å²) in [7, 11) is 0. The second-order valence-corrected chi connectivity index (χ2v) is 6.72. The lowest BCUT2D eigenvalue weighted by molar-refractivity contribution is 0.102. The number of benzene rings is 2. The fourth-order valence-corrected chi connectivity index (χ4v) is 2.96. The minimum absolute atomic E-state index is 0.176. The van der Waals surface area contributed by atoms with Crippen LogP contribution in [0.4, 0.5) is 5.13 Å². The largest absolute Gasteiger partial charge is 0.298 e. The number of carbonyl (C=O) groups excluding carboxylic acids is 1. The molecule has 1 heterocycles. The number of anilines is 1. The molecule has 3 nitrogen and oxygen atoms in total. The highest BCUT2D eigenvalue weighted by molar-refractivity contribution is 9.10. The Kier molecular flexibility index (Phi) is 4.57. The van der Waals surface area contributed by atoms with Crippen molar-refractivity contribution in [2.45, 2.75) is 0 Å². The van der Waals surface area contributed by atoms with E-state index in [4.69, 9.17) is 11.6 Å². The van der Waals surface area contributed by atoms with E-state index >= 15 is 0 Å². The van der Waals surface area contributed by atoms with Crippen LogP contribution in [0.15, 0.2) is 58.4 Å². The molecule has 0 saturated carbocycles. The molecule has 0 aliphatic rings. The number of nitrogens with one attached hydrogen (secondary N) is 1. The monoisotopic (exact) mass is 392 g/mol. The molecule has 3 aromatic rings. The van der Waals surface area contributed by atoms with Crippen LogP contribution in [0.25, 0.3) is 11.3 Å². The molecule has 6 heteroatoms. The van der Waals surface area contributed by atoms with Crippen molar-refractivity contribution in [3.63, 3.8) is 0 Å². The summed E-state index contributed by atoms with van der Waals surface area (Å²) < 4.78 is 0.934. The number of amides is 1. The van der Waals surface area contributed by atoms with Crippen LogP contribution in [-0.2, 0) is 0 Å². The van der Waals surface area contributed by atoms with E-state index in [1.165, 1.54) is 11.3 Å². The summed E-state index contributed by atoms with van der Waals surface area (Å²) in [5, 5.41) is 5.96. The van der Waals surface area contributed by atoms with E-state index in [-0.39, 0.29) is 5.91 Å². The summed E-state index contributed by atoms with van der Waals surface area (Å²) in [6.45, 7) is 0. The molecule has 0 fully saturated rings. The van der Waals surface area contributed by atoms with Gasteiger partial charge in [-0.2, -0.15) is 0 Å². The fourth-order valence-electron chi connectivity index (χ4n) is 1.85. The topological polar surface area (TPSA) is 42.0 Å². The van der Waals surface area contributed by atoms with Crippen LogP contribution < -0.4 is 5.32 Å². The van der Waals surface area contributed by atoms with Crippen LogP contribution >= 0.6 is 38.9 Å². The van der Waals surface area contributed by atoms with Gasteiger partial charge in [0.05, 0.1) is 5.69 Å². The number of thiazole rings is 1. The first-order valence-electron chi connectivity index (χ1n) is 6.40. The van der Waals surface area contributed by atoms with Crippen molar-refractivity contribution in [3.8, 4) is 11.3 Å². The van der Waals surface area contributed by atoms with Crippen molar-refractivity contribution < 1.29 is 4.79 Å². The predicted octanol–water partition coefficient (Wildman–Crippen LogP) is 5.48. The van der Waals surface area contributed by atoms with E-state index in [0.717, 1.165) is 15.7 Å². The third-order valence-electron chi connectivity index (χ3n) is 2.97. The molecule has 0 radical (unpaired) electrons. The molecule has 3 rings (SSSR count). The van der Waals surface area contributed by atoms with E-state index in [9.17, 15) is 4.79 Å². The highest BCUT2D eigenvalue weighted by Gasteiger charge is 2.10. The first-order valence-corrected chi connectivity index (χ1v) is 8.45. The maximum Gasteiger partial charge on any atom is 0.257 e. The molecule has 1 amide bonds. The maximum atomic E-state index is 12.1. The number of rotatable bonds is 3. The van der Waals surface area contributed by atoms with E-state index in [2.05, 4.69) is 26.2 Å². The average Bonchev–Trinajstić information content (AvgIpc) is 2.97. The SMILES string of the molecule is O=C(Nc1nc(-c2ccc(Cl)cc2)cs1)c1ccc(Br)cc1. The lowest BCUT2D eigenvalue weighted by atomic mass is 10.2. The first kappa shape index (κ1) is 15.2. The quantitative estimate of drug-likeness (QED) is 0.640. The molecule has 0 saturated heterocycles. The molecule has 2 aromatic carbocycles. The molecule has 0 unspecified atom stereocenters. The number of halogens is 2. The van der Waals surface area contributed by atoms with E-state index in [1.54, 1.807) is 12.1 Å². The molecule has 1 N–H and O–H groups in total. The molecule has 110 valence electrons. The Morgan fingerprint density at radius 3 is 2.45 bits per heavy atom. The summed E-state index contributed by atoms with van der Waals surface area (Å²) in [5.74, 6) is -0.176. The van der Waals surface area contributed by atoms with Gasteiger partial charge in [-0.25, -0.2) is 4.98 Å². The Morgan fingerprint density at radius 1 is 1.09 bits per heavy atom. The molecular weight excluding hydrogens is 384 g/mol. The molecule has 1 aromatic heterocycles. The third-order valence-corrected chi connectivity index (χ3v) is 4.51. The summed E-state index contributed by atoms with van der Waals surface area (Å²) in [6, 6.07) is 14.6. The third kappa shape index (κ3) is 3.55. The normalized spacial score (nSPS) is 10.5. The molecule has 0 aliphatic carbocycles. The van der Waals surface area contributed by atoms with Crippen LogP contribution in [0.5, 0.6) is 0 Å². The number of carbonyl (C=O) groups is 1. The van der Waals surface area contributed by atoms with Gasteiger partial charge in [0.15, 0.2) is 5.13 Å². The van der Waals surface area contributed by atoms with Gasteiger partial charge in [-0.05, 0) is 36.4 Å². The second kappa shape index (κ2) is 6.60. The van der Waals surface area contributed by atoms with Gasteiger partial charge >= 0.3 is 0 Å². The van der Waals surface area contributed by atoms with Crippen molar-refractivity contribution >= 4 is 49.9 Å². The van der Waals surface area contributed by atoms with Gasteiger partial charge in [-0.15, -0.1) is 11.3 Å². The van der Waals surface area contributed by atoms with Gasteiger partial charge in [0, 0.05) is 26.0 Å². The fraction of sp³-hybridized carbons (Fsp3) is 0. The summed E-state index contributed by atoms with van der Waals surface area (Å²) in [6.07, 6.45) is 0. The summed E-state index contributed by atoms with van der Waals surface area (Å²) in [5.41, 5.74) is 2.36. The van der Waals surface area contributed by atoms with E-state index in [1.807, 2.05) is 41.8 Å². The Bertz CT molecular complexity index is 800. The smallest absolute Gasteiger partial charge is 0.257 e. The molecule has 22 heavy (non-hydrogen) atoms. The van der Waals surface area contributed by atoms with Crippen LogP contribution in [-0.4, -0.2) is 10.9 Å². The Hall–Kier alpha value is -1.69. The summed E-state index contributed by atoms with van der Waals surface area (Å²) in [4.78, 5) is 16.6. The van der Waals surface area contributed by atoms with Crippen LogP contribution in [0.1, 0.15) is 10.4 Å². The van der Waals surface area contributed by atoms with Crippen LogP contribution in [0.3, 0.4) is 0 Å². The molecular formula is C16H10BrClN2OS. The van der Waals surface area contributed by atoms with Crippen molar-refractivity contribution in [3.05, 3.63) is 69.0 Å². The van der Waals surface area contributed by atoms with Crippen molar-refractivity contribution in [2.24, 2.45) is 0 Å². The van der Waals surface area contributed by atoms with Gasteiger partial charge < -0.3 is 0 Å². The molecule has 0 atom stereocenters.